The predicted molar refractivity (Wildman–Crippen MR) is 133 cm³/mol. The topological polar surface area (TPSA) is 89.0 Å². The van der Waals surface area contributed by atoms with Crippen LogP contribution in [0.15, 0.2) is 46.0 Å². The fraction of sp³-hybridized carbons (Fsp3) is 0.318. The molecule has 2 aromatic carbocycles. The highest BCUT2D eigenvalue weighted by atomic mass is 127. The standard InChI is InChI=1S/C22H25BrIN3O4/c1-4-10-31-20-18(24)11-15(12-19(20)30-5-2)13-25-27-21(28)14(3)26-22(29)16-8-6-7-9-17(16)23/h6-9,11-14H,4-5,10H2,1-3H3,(H,26,29)(H,27,28). The van der Waals surface area contributed by atoms with Crippen LogP contribution in [-0.4, -0.2) is 37.3 Å². The van der Waals surface area contributed by atoms with Gasteiger partial charge < -0.3 is 14.8 Å². The Morgan fingerprint density at radius 3 is 2.65 bits per heavy atom. The Kier molecular flexibility index (Phi) is 10.3. The van der Waals surface area contributed by atoms with Crippen LogP contribution in [0.1, 0.15) is 43.1 Å². The van der Waals surface area contributed by atoms with Crippen LogP contribution in [0.25, 0.3) is 0 Å². The van der Waals surface area contributed by atoms with E-state index in [9.17, 15) is 9.59 Å². The number of halogens is 2. The molecule has 2 aromatic rings. The number of hydrogen-bond donors (Lipinski definition) is 2. The Hall–Kier alpha value is -2.14. The van der Waals surface area contributed by atoms with Crippen LogP contribution < -0.4 is 20.2 Å². The first-order chi connectivity index (χ1) is 14.9. The van der Waals surface area contributed by atoms with E-state index in [2.05, 4.69) is 54.4 Å². The highest BCUT2D eigenvalue weighted by Crippen LogP contribution is 2.34. The average Bonchev–Trinajstić information content (AvgIpc) is 2.73. The lowest BCUT2D eigenvalue weighted by Crippen LogP contribution is -2.43. The number of hydrogen-bond acceptors (Lipinski definition) is 5. The number of benzene rings is 2. The monoisotopic (exact) mass is 601 g/mol. The van der Waals surface area contributed by atoms with E-state index in [-0.39, 0.29) is 5.91 Å². The van der Waals surface area contributed by atoms with Crippen molar-refractivity contribution in [3.8, 4) is 11.5 Å². The average molecular weight is 602 g/mol. The lowest BCUT2D eigenvalue weighted by atomic mass is 10.2. The molecular weight excluding hydrogens is 577 g/mol. The molecule has 31 heavy (non-hydrogen) atoms. The maximum absolute atomic E-state index is 12.3. The summed E-state index contributed by atoms with van der Waals surface area (Å²) < 4.78 is 13.0. The normalized spacial score (nSPS) is 11.8. The van der Waals surface area contributed by atoms with Gasteiger partial charge in [-0.25, -0.2) is 5.43 Å². The van der Waals surface area contributed by atoms with Gasteiger partial charge in [-0.2, -0.15) is 5.10 Å². The van der Waals surface area contributed by atoms with Crippen LogP contribution in [0.4, 0.5) is 0 Å². The first-order valence-electron chi connectivity index (χ1n) is 9.84. The lowest BCUT2D eigenvalue weighted by Gasteiger charge is -2.14. The van der Waals surface area contributed by atoms with E-state index in [1.165, 1.54) is 6.21 Å². The second-order valence-corrected chi connectivity index (χ2v) is 8.54. The maximum atomic E-state index is 12.3. The molecule has 0 heterocycles. The number of hydrazone groups is 1. The third-order valence-corrected chi connectivity index (χ3v) is 5.52. The number of nitrogens with zero attached hydrogens (tertiary/aromatic N) is 1. The molecule has 0 spiro atoms. The van der Waals surface area contributed by atoms with E-state index >= 15 is 0 Å². The molecule has 0 aliphatic rings. The van der Waals surface area contributed by atoms with Gasteiger partial charge in [0.1, 0.15) is 6.04 Å². The summed E-state index contributed by atoms with van der Waals surface area (Å²) in [6.45, 7) is 6.64. The first kappa shape index (κ1) is 25.1. The first-order valence-corrected chi connectivity index (χ1v) is 11.7. The Morgan fingerprint density at radius 2 is 1.97 bits per heavy atom. The Labute approximate surface area is 204 Å². The molecule has 0 saturated carbocycles. The molecule has 2 N–H and O–H groups in total. The summed E-state index contributed by atoms with van der Waals surface area (Å²) >= 11 is 5.51. The second kappa shape index (κ2) is 12.7. The van der Waals surface area contributed by atoms with Crippen LogP contribution in [0.2, 0.25) is 0 Å². The van der Waals surface area contributed by atoms with Crippen molar-refractivity contribution in [2.75, 3.05) is 13.2 Å². The summed E-state index contributed by atoms with van der Waals surface area (Å²) in [7, 11) is 0. The molecule has 7 nitrogen and oxygen atoms in total. The Morgan fingerprint density at radius 1 is 1.23 bits per heavy atom. The SMILES string of the molecule is CCCOc1c(I)cc(C=NNC(=O)C(C)NC(=O)c2ccccc2Br)cc1OCC. The lowest BCUT2D eigenvalue weighted by molar-refractivity contribution is -0.122. The van der Waals surface area contributed by atoms with Gasteiger partial charge in [0.05, 0.1) is 28.6 Å². The Balaban J connectivity index is 2.01. The summed E-state index contributed by atoms with van der Waals surface area (Å²) in [6.07, 6.45) is 2.42. The Bertz CT molecular complexity index is 952. The van der Waals surface area contributed by atoms with Crippen LogP contribution in [0, 0.1) is 3.57 Å². The van der Waals surface area contributed by atoms with Crippen molar-refractivity contribution in [1.82, 2.24) is 10.7 Å². The van der Waals surface area contributed by atoms with Crippen LogP contribution in [0.3, 0.4) is 0 Å². The van der Waals surface area contributed by atoms with Crippen LogP contribution >= 0.6 is 38.5 Å². The summed E-state index contributed by atoms with van der Waals surface area (Å²) in [5.74, 6) is 0.551. The highest BCUT2D eigenvalue weighted by Gasteiger charge is 2.17. The molecule has 0 aliphatic carbocycles. The van der Waals surface area contributed by atoms with Crippen LogP contribution in [0.5, 0.6) is 11.5 Å². The van der Waals surface area contributed by atoms with Crippen molar-refractivity contribution in [3.05, 3.63) is 55.6 Å². The molecule has 1 atom stereocenters. The quantitative estimate of drug-likeness (QED) is 0.238. The number of carbonyl (C=O) groups is 2. The number of amides is 2. The zero-order valence-electron chi connectivity index (χ0n) is 17.6. The van der Waals surface area contributed by atoms with Gasteiger partial charge in [-0.15, -0.1) is 0 Å². The molecule has 2 amide bonds. The van der Waals surface area contributed by atoms with E-state index in [4.69, 9.17) is 9.47 Å². The van der Waals surface area contributed by atoms with Gasteiger partial charge in [-0.1, -0.05) is 19.1 Å². The van der Waals surface area contributed by atoms with Gasteiger partial charge in [-0.05, 0) is 88.6 Å². The molecule has 0 fully saturated rings. The van der Waals surface area contributed by atoms with Crippen molar-refractivity contribution >= 4 is 56.5 Å². The van der Waals surface area contributed by atoms with E-state index in [1.54, 1.807) is 25.1 Å². The minimum atomic E-state index is -0.763. The largest absolute Gasteiger partial charge is 0.490 e. The molecular formula is C22H25BrIN3O4. The van der Waals surface area contributed by atoms with E-state index < -0.39 is 11.9 Å². The minimum Gasteiger partial charge on any atom is -0.490 e. The van der Waals surface area contributed by atoms with Crippen molar-refractivity contribution < 1.29 is 19.1 Å². The number of carbonyl (C=O) groups excluding carboxylic acids is 2. The van der Waals surface area contributed by atoms with Gasteiger partial charge in [-0.3, -0.25) is 9.59 Å². The van der Waals surface area contributed by atoms with Crippen molar-refractivity contribution in [1.29, 1.82) is 0 Å². The van der Waals surface area contributed by atoms with Gasteiger partial charge in [0.25, 0.3) is 11.8 Å². The second-order valence-electron chi connectivity index (χ2n) is 6.52. The van der Waals surface area contributed by atoms with E-state index in [1.807, 2.05) is 32.0 Å². The summed E-state index contributed by atoms with van der Waals surface area (Å²) in [5, 5.41) is 6.66. The van der Waals surface area contributed by atoms with Gasteiger partial charge >= 0.3 is 0 Å². The molecule has 0 aliphatic heterocycles. The zero-order valence-corrected chi connectivity index (χ0v) is 21.3. The number of ether oxygens (including phenoxy) is 2. The van der Waals surface area contributed by atoms with Crippen molar-refractivity contribution in [3.63, 3.8) is 0 Å². The number of nitrogens with one attached hydrogen (secondary N) is 2. The van der Waals surface area contributed by atoms with Gasteiger partial charge in [0, 0.05) is 4.47 Å². The van der Waals surface area contributed by atoms with Gasteiger partial charge in [0.15, 0.2) is 11.5 Å². The molecule has 9 heteroatoms. The van der Waals surface area contributed by atoms with Crippen molar-refractivity contribution in [2.45, 2.75) is 33.2 Å². The number of rotatable bonds is 10. The third-order valence-electron chi connectivity index (χ3n) is 4.03. The maximum Gasteiger partial charge on any atom is 0.262 e. The molecule has 0 radical (unpaired) electrons. The fourth-order valence-corrected chi connectivity index (χ4v) is 3.77. The fourth-order valence-electron chi connectivity index (χ4n) is 2.52. The molecule has 1 unspecified atom stereocenters. The minimum absolute atomic E-state index is 0.349. The molecule has 0 bridgehead atoms. The van der Waals surface area contributed by atoms with Gasteiger partial charge in [0.2, 0.25) is 0 Å². The molecule has 0 saturated heterocycles. The summed E-state index contributed by atoms with van der Waals surface area (Å²) in [5.41, 5.74) is 3.66. The summed E-state index contributed by atoms with van der Waals surface area (Å²) in [4.78, 5) is 24.6. The van der Waals surface area contributed by atoms with Crippen molar-refractivity contribution in [2.24, 2.45) is 5.10 Å². The molecule has 166 valence electrons. The van der Waals surface area contributed by atoms with Crippen LogP contribution in [-0.2, 0) is 4.79 Å². The van der Waals surface area contributed by atoms with E-state index in [0.717, 1.165) is 15.6 Å². The highest BCUT2D eigenvalue weighted by molar-refractivity contribution is 14.1. The molecule has 0 aromatic heterocycles. The molecule has 2 rings (SSSR count). The van der Waals surface area contributed by atoms with E-state index in [0.29, 0.717) is 34.7 Å². The zero-order chi connectivity index (χ0) is 22.8. The predicted octanol–water partition coefficient (Wildman–Crippen LogP) is 4.51. The third kappa shape index (κ3) is 7.49. The summed E-state index contributed by atoms with van der Waals surface area (Å²) in [6, 6.07) is 9.94. The smallest absolute Gasteiger partial charge is 0.262 e.